The SMILES string of the molecule is O=Cc1ccccc1-c1ccco1. The van der Waals surface area contributed by atoms with Crippen molar-refractivity contribution in [1.29, 1.82) is 0 Å². The summed E-state index contributed by atoms with van der Waals surface area (Å²) in [6.45, 7) is 0. The molecule has 0 aliphatic rings. The van der Waals surface area contributed by atoms with Gasteiger partial charge in [0, 0.05) is 11.1 Å². The normalized spacial score (nSPS) is 9.85. The Labute approximate surface area is 75.8 Å². The molecule has 0 aliphatic carbocycles. The zero-order chi connectivity index (χ0) is 9.10. The fraction of sp³-hybridized carbons (Fsp3) is 0. The van der Waals surface area contributed by atoms with Gasteiger partial charge in [0.25, 0.3) is 0 Å². The second-order valence-corrected chi connectivity index (χ2v) is 2.68. The summed E-state index contributed by atoms with van der Waals surface area (Å²) in [5.74, 6) is 0.725. The number of furan rings is 1. The molecule has 64 valence electrons. The Morgan fingerprint density at radius 3 is 2.62 bits per heavy atom. The Morgan fingerprint density at radius 2 is 1.92 bits per heavy atom. The van der Waals surface area contributed by atoms with E-state index in [1.54, 1.807) is 18.4 Å². The number of rotatable bonds is 2. The summed E-state index contributed by atoms with van der Waals surface area (Å²) in [7, 11) is 0. The van der Waals surface area contributed by atoms with Crippen LogP contribution in [0.5, 0.6) is 0 Å². The summed E-state index contributed by atoms with van der Waals surface area (Å²) >= 11 is 0. The molecule has 2 rings (SSSR count). The maximum Gasteiger partial charge on any atom is 0.150 e. The van der Waals surface area contributed by atoms with E-state index in [2.05, 4.69) is 0 Å². The summed E-state index contributed by atoms with van der Waals surface area (Å²) < 4.78 is 5.20. The topological polar surface area (TPSA) is 30.2 Å². The van der Waals surface area contributed by atoms with Crippen LogP contribution in [0.15, 0.2) is 47.1 Å². The Bertz CT molecular complexity index is 402. The summed E-state index contributed by atoms with van der Waals surface area (Å²) in [4.78, 5) is 10.7. The molecule has 1 aromatic carbocycles. The van der Waals surface area contributed by atoms with E-state index in [4.69, 9.17) is 4.42 Å². The smallest absolute Gasteiger partial charge is 0.150 e. The average molecular weight is 172 g/mol. The molecule has 0 fully saturated rings. The number of hydrogen-bond donors (Lipinski definition) is 0. The van der Waals surface area contributed by atoms with Crippen molar-refractivity contribution < 1.29 is 9.21 Å². The van der Waals surface area contributed by atoms with E-state index in [0.29, 0.717) is 5.56 Å². The molecule has 2 aromatic rings. The third-order valence-electron chi connectivity index (χ3n) is 1.87. The quantitative estimate of drug-likeness (QED) is 0.652. The Kier molecular flexibility index (Phi) is 1.96. The van der Waals surface area contributed by atoms with Gasteiger partial charge in [0.05, 0.1) is 6.26 Å². The molecule has 0 radical (unpaired) electrons. The second kappa shape index (κ2) is 3.27. The van der Waals surface area contributed by atoms with Crippen LogP contribution >= 0.6 is 0 Å². The van der Waals surface area contributed by atoms with Crippen LogP contribution in [0, 0.1) is 0 Å². The lowest BCUT2D eigenvalue weighted by atomic mass is 10.1. The van der Waals surface area contributed by atoms with Crippen molar-refractivity contribution in [1.82, 2.24) is 0 Å². The van der Waals surface area contributed by atoms with Crippen LogP contribution < -0.4 is 0 Å². The summed E-state index contributed by atoms with van der Waals surface area (Å²) in [5, 5.41) is 0. The molecular formula is C11H8O2. The van der Waals surface area contributed by atoms with Crippen molar-refractivity contribution in [3.63, 3.8) is 0 Å². The molecule has 1 aromatic heterocycles. The van der Waals surface area contributed by atoms with Crippen LogP contribution in [0.4, 0.5) is 0 Å². The van der Waals surface area contributed by atoms with Gasteiger partial charge in [-0.15, -0.1) is 0 Å². The molecule has 1 heterocycles. The first kappa shape index (κ1) is 7.80. The summed E-state index contributed by atoms with van der Waals surface area (Å²) in [6.07, 6.45) is 2.43. The van der Waals surface area contributed by atoms with Crippen LogP contribution in [0.25, 0.3) is 11.3 Å². The van der Waals surface area contributed by atoms with Crippen molar-refractivity contribution >= 4 is 6.29 Å². The van der Waals surface area contributed by atoms with Gasteiger partial charge in [-0.1, -0.05) is 24.3 Å². The second-order valence-electron chi connectivity index (χ2n) is 2.68. The first-order valence-electron chi connectivity index (χ1n) is 4.00. The maximum atomic E-state index is 10.7. The minimum Gasteiger partial charge on any atom is -0.464 e. The molecular weight excluding hydrogens is 164 g/mol. The standard InChI is InChI=1S/C11H8O2/c12-8-9-4-1-2-5-10(9)11-6-3-7-13-11/h1-8H. The number of hydrogen-bond acceptors (Lipinski definition) is 2. The zero-order valence-corrected chi connectivity index (χ0v) is 6.94. The predicted octanol–water partition coefficient (Wildman–Crippen LogP) is 2.76. The third-order valence-corrected chi connectivity index (χ3v) is 1.87. The lowest BCUT2D eigenvalue weighted by Gasteiger charge is -1.98. The predicted molar refractivity (Wildman–Crippen MR) is 49.5 cm³/mol. The van der Waals surface area contributed by atoms with Gasteiger partial charge in [-0.25, -0.2) is 0 Å². The Morgan fingerprint density at radius 1 is 1.08 bits per heavy atom. The molecule has 2 heteroatoms. The van der Waals surface area contributed by atoms with Gasteiger partial charge in [0.2, 0.25) is 0 Å². The molecule has 2 nitrogen and oxygen atoms in total. The maximum absolute atomic E-state index is 10.7. The largest absolute Gasteiger partial charge is 0.464 e. The lowest BCUT2D eigenvalue weighted by Crippen LogP contribution is -1.84. The fourth-order valence-electron chi connectivity index (χ4n) is 1.26. The van der Waals surface area contributed by atoms with Gasteiger partial charge in [-0.3, -0.25) is 4.79 Å². The molecule has 0 N–H and O–H groups in total. The van der Waals surface area contributed by atoms with Crippen LogP contribution in [-0.2, 0) is 0 Å². The molecule has 13 heavy (non-hydrogen) atoms. The number of carbonyl (C=O) groups excluding carboxylic acids is 1. The molecule has 0 bridgehead atoms. The van der Waals surface area contributed by atoms with E-state index in [1.807, 2.05) is 24.3 Å². The summed E-state index contributed by atoms with van der Waals surface area (Å²) in [6, 6.07) is 11.0. The molecule has 0 atom stereocenters. The highest BCUT2D eigenvalue weighted by Crippen LogP contribution is 2.22. The van der Waals surface area contributed by atoms with Crippen molar-refractivity contribution in [3.8, 4) is 11.3 Å². The molecule has 0 saturated carbocycles. The molecule has 0 amide bonds. The number of aldehydes is 1. The monoisotopic (exact) mass is 172 g/mol. The van der Waals surface area contributed by atoms with E-state index >= 15 is 0 Å². The van der Waals surface area contributed by atoms with E-state index < -0.39 is 0 Å². The first-order chi connectivity index (χ1) is 6.42. The highest BCUT2D eigenvalue weighted by Gasteiger charge is 2.04. The van der Waals surface area contributed by atoms with Gasteiger partial charge in [0.15, 0.2) is 6.29 Å². The van der Waals surface area contributed by atoms with Crippen LogP contribution in [-0.4, -0.2) is 6.29 Å². The van der Waals surface area contributed by atoms with E-state index in [0.717, 1.165) is 17.6 Å². The van der Waals surface area contributed by atoms with Crippen molar-refractivity contribution in [2.24, 2.45) is 0 Å². The average Bonchev–Trinajstić information content (AvgIpc) is 2.70. The van der Waals surface area contributed by atoms with Gasteiger partial charge in [-0.2, -0.15) is 0 Å². The number of carbonyl (C=O) groups is 1. The first-order valence-corrected chi connectivity index (χ1v) is 4.00. The van der Waals surface area contributed by atoms with Crippen molar-refractivity contribution in [2.75, 3.05) is 0 Å². The van der Waals surface area contributed by atoms with Gasteiger partial charge >= 0.3 is 0 Å². The molecule has 0 spiro atoms. The third kappa shape index (κ3) is 1.38. The van der Waals surface area contributed by atoms with Crippen molar-refractivity contribution in [2.45, 2.75) is 0 Å². The highest BCUT2D eigenvalue weighted by atomic mass is 16.3. The summed E-state index contributed by atoms with van der Waals surface area (Å²) in [5.41, 5.74) is 1.49. The van der Waals surface area contributed by atoms with E-state index in [9.17, 15) is 4.79 Å². The van der Waals surface area contributed by atoms with Gasteiger partial charge in [0.1, 0.15) is 5.76 Å². The Hall–Kier alpha value is -1.83. The fourth-order valence-corrected chi connectivity index (χ4v) is 1.26. The highest BCUT2D eigenvalue weighted by molar-refractivity contribution is 5.85. The number of benzene rings is 1. The van der Waals surface area contributed by atoms with Gasteiger partial charge in [-0.05, 0) is 12.1 Å². The molecule has 0 unspecified atom stereocenters. The van der Waals surface area contributed by atoms with Crippen LogP contribution in [0.1, 0.15) is 10.4 Å². The van der Waals surface area contributed by atoms with Crippen LogP contribution in [0.2, 0.25) is 0 Å². The van der Waals surface area contributed by atoms with E-state index in [-0.39, 0.29) is 0 Å². The van der Waals surface area contributed by atoms with Gasteiger partial charge < -0.3 is 4.42 Å². The molecule has 0 aliphatic heterocycles. The zero-order valence-electron chi connectivity index (χ0n) is 6.94. The lowest BCUT2D eigenvalue weighted by molar-refractivity contribution is 0.112. The Balaban J connectivity index is 2.57. The van der Waals surface area contributed by atoms with Crippen molar-refractivity contribution in [3.05, 3.63) is 48.2 Å². The molecule has 0 saturated heterocycles. The minimum absolute atomic E-state index is 0.650. The van der Waals surface area contributed by atoms with E-state index in [1.165, 1.54) is 0 Å². The minimum atomic E-state index is 0.650. The van der Waals surface area contributed by atoms with Crippen LogP contribution in [0.3, 0.4) is 0 Å².